The van der Waals surface area contributed by atoms with Crippen molar-refractivity contribution in [1.82, 2.24) is 4.98 Å². The van der Waals surface area contributed by atoms with E-state index < -0.39 is 0 Å². The number of ether oxygens (including phenoxy) is 2. The molecule has 0 aliphatic carbocycles. The Kier molecular flexibility index (Phi) is 4.61. The van der Waals surface area contributed by atoms with Gasteiger partial charge in [-0.15, -0.1) is 0 Å². The van der Waals surface area contributed by atoms with Gasteiger partial charge in [0.2, 0.25) is 0 Å². The molecule has 102 valence electrons. The van der Waals surface area contributed by atoms with E-state index in [2.05, 4.69) is 20.9 Å². The maximum atomic E-state index is 5.94. The first-order valence-electron chi connectivity index (χ1n) is 6.16. The first kappa shape index (κ1) is 14.1. The molecule has 0 fully saturated rings. The van der Waals surface area contributed by atoms with Crippen molar-refractivity contribution in [2.75, 3.05) is 18.9 Å². The van der Waals surface area contributed by atoms with E-state index >= 15 is 0 Å². The summed E-state index contributed by atoms with van der Waals surface area (Å²) >= 11 is 3.44. The normalized spacial score (nSPS) is 11.2. The van der Waals surface area contributed by atoms with Gasteiger partial charge in [-0.1, -0.05) is 15.9 Å². The van der Waals surface area contributed by atoms with E-state index in [1.165, 1.54) is 0 Å². The maximum Gasteiger partial charge on any atom is 0.153 e. The molecule has 0 aliphatic rings. The topological polar surface area (TPSA) is 57.4 Å². The summed E-state index contributed by atoms with van der Waals surface area (Å²) in [5.41, 5.74) is 7.33. The van der Waals surface area contributed by atoms with Crippen LogP contribution in [0.1, 0.15) is 13.8 Å². The standard InChI is InChI=1S/C14H17BrN2O2/c1-9(2)18-5-6-19-14-11-7-10(15)3-4-13(11)17-8-12(14)16/h3-4,7-9H,5-6,16H2,1-2H3. The molecule has 1 heterocycles. The number of nitrogens with two attached hydrogens (primary N) is 1. The van der Waals surface area contributed by atoms with E-state index in [9.17, 15) is 0 Å². The van der Waals surface area contributed by atoms with Crippen LogP contribution in [0.3, 0.4) is 0 Å². The predicted molar refractivity (Wildman–Crippen MR) is 80.4 cm³/mol. The molecule has 2 N–H and O–H groups in total. The monoisotopic (exact) mass is 324 g/mol. The van der Waals surface area contributed by atoms with E-state index in [1.807, 2.05) is 32.0 Å². The van der Waals surface area contributed by atoms with Crippen LogP contribution >= 0.6 is 15.9 Å². The lowest BCUT2D eigenvalue weighted by molar-refractivity contribution is 0.0557. The van der Waals surface area contributed by atoms with Gasteiger partial charge in [0.15, 0.2) is 5.75 Å². The molecular weight excluding hydrogens is 308 g/mol. The van der Waals surface area contributed by atoms with Gasteiger partial charge in [-0.2, -0.15) is 0 Å². The second kappa shape index (κ2) is 6.21. The highest BCUT2D eigenvalue weighted by atomic mass is 79.9. The highest BCUT2D eigenvalue weighted by molar-refractivity contribution is 9.10. The summed E-state index contributed by atoms with van der Waals surface area (Å²) in [5, 5.41) is 0.902. The van der Waals surface area contributed by atoms with E-state index in [0.29, 0.717) is 24.7 Å². The van der Waals surface area contributed by atoms with Crippen LogP contribution in [-0.4, -0.2) is 24.3 Å². The molecule has 4 nitrogen and oxygen atoms in total. The van der Waals surface area contributed by atoms with Crippen LogP contribution in [0, 0.1) is 0 Å². The fourth-order valence-electron chi connectivity index (χ4n) is 1.74. The zero-order chi connectivity index (χ0) is 13.8. The third kappa shape index (κ3) is 3.58. The number of aromatic nitrogens is 1. The molecule has 0 bridgehead atoms. The van der Waals surface area contributed by atoms with Crippen molar-refractivity contribution in [3.63, 3.8) is 0 Å². The van der Waals surface area contributed by atoms with Crippen LogP contribution in [0.5, 0.6) is 5.75 Å². The minimum atomic E-state index is 0.198. The van der Waals surface area contributed by atoms with Crippen molar-refractivity contribution in [2.45, 2.75) is 20.0 Å². The Hall–Kier alpha value is -1.33. The summed E-state index contributed by atoms with van der Waals surface area (Å²) in [6.07, 6.45) is 1.82. The van der Waals surface area contributed by atoms with Gasteiger partial charge in [-0.3, -0.25) is 4.98 Å². The first-order valence-corrected chi connectivity index (χ1v) is 6.95. The van der Waals surface area contributed by atoms with Gasteiger partial charge in [0.05, 0.1) is 30.1 Å². The molecule has 0 atom stereocenters. The van der Waals surface area contributed by atoms with Gasteiger partial charge in [0, 0.05) is 9.86 Å². The summed E-state index contributed by atoms with van der Waals surface area (Å²) in [6.45, 7) is 4.99. The molecule has 0 unspecified atom stereocenters. The number of nitrogens with zero attached hydrogens (tertiary/aromatic N) is 1. The van der Waals surface area contributed by atoms with E-state index in [-0.39, 0.29) is 6.10 Å². The smallest absolute Gasteiger partial charge is 0.153 e. The number of halogens is 1. The number of anilines is 1. The Bertz CT molecular complexity index is 567. The van der Waals surface area contributed by atoms with Crippen molar-refractivity contribution in [3.8, 4) is 5.75 Å². The number of benzene rings is 1. The number of hydrogen-bond donors (Lipinski definition) is 1. The summed E-state index contributed by atoms with van der Waals surface area (Å²) in [4.78, 5) is 4.28. The average molecular weight is 325 g/mol. The van der Waals surface area contributed by atoms with Gasteiger partial charge in [-0.05, 0) is 32.0 Å². The minimum absolute atomic E-state index is 0.198. The van der Waals surface area contributed by atoms with Crippen LogP contribution in [0.25, 0.3) is 10.9 Å². The Morgan fingerprint density at radius 2 is 2.11 bits per heavy atom. The van der Waals surface area contributed by atoms with Crippen molar-refractivity contribution < 1.29 is 9.47 Å². The Morgan fingerprint density at radius 1 is 1.32 bits per heavy atom. The second-order valence-corrected chi connectivity index (χ2v) is 5.39. The van der Waals surface area contributed by atoms with Crippen LogP contribution in [-0.2, 0) is 4.74 Å². The van der Waals surface area contributed by atoms with E-state index in [4.69, 9.17) is 15.2 Å². The van der Waals surface area contributed by atoms with Crippen molar-refractivity contribution in [1.29, 1.82) is 0 Å². The van der Waals surface area contributed by atoms with E-state index in [1.54, 1.807) is 6.20 Å². The number of fused-ring (bicyclic) bond motifs is 1. The molecule has 1 aromatic heterocycles. The molecule has 0 aliphatic heterocycles. The van der Waals surface area contributed by atoms with Crippen molar-refractivity contribution in [3.05, 3.63) is 28.9 Å². The number of nitrogen functional groups attached to an aromatic ring is 1. The van der Waals surface area contributed by atoms with Gasteiger partial charge in [0.1, 0.15) is 6.61 Å². The molecule has 1 aromatic carbocycles. The fraction of sp³-hybridized carbons (Fsp3) is 0.357. The van der Waals surface area contributed by atoms with Crippen molar-refractivity contribution in [2.24, 2.45) is 0 Å². The summed E-state index contributed by atoms with van der Waals surface area (Å²) in [5.74, 6) is 0.665. The zero-order valence-corrected chi connectivity index (χ0v) is 12.6. The second-order valence-electron chi connectivity index (χ2n) is 4.47. The molecule has 0 amide bonds. The average Bonchev–Trinajstić information content (AvgIpc) is 2.36. The summed E-state index contributed by atoms with van der Waals surface area (Å²) in [7, 11) is 0. The molecule has 0 saturated heterocycles. The predicted octanol–water partition coefficient (Wildman–Crippen LogP) is 3.38. The summed E-state index contributed by atoms with van der Waals surface area (Å²) in [6, 6.07) is 5.82. The Balaban J connectivity index is 2.20. The highest BCUT2D eigenvalue weighted by Crippen LogP contribution is 2.32. The fourth-order valence-corrected chi connectivity index (χ4v) is 2.11. The van der Waals surface area contributed by atoms with Crippen molar-refractivity contribution >= 4 is 32.5 Å². The maximum absolute atomic E-state index is 5.94. The van der Waals surface area contributed by atoms with Crippen LogP contribution in [0.15, 0.2) is 28.9 Å². The third-order valence-electron chi connectivity index (χ3n) is 2.59. The van der Waals surface area contributed by atoms with E-state index in [0.717, 1.165) is 15.4 Å². The first-order chi connectivity index (χ1) is 9.08. The van der Waals surface area contributed by atoms with Gasteiger partial charge >= 0.3 is 0 Å². The molecular formula is C14H17BrN2O2. The zero-order valence-electron chi connectivity index (χ0n) is 11.0. The molecule has 2 rings (SSSR count). The Morgan fingerprint density at radius 3 is 2.84 bits per heavy atom. The minimum Gasteiger partial charge on any atom is -0.488 e. The third-order valence-corrected chi connectivity index (χ3v) is 3.08. The largest absolute Gasteiger partial charge is 0.488 e. The SMILES string of the molecule is CC(C)OCCOc1c(N)cnc2ccc(Br)cc12. The lowest BCUT2D eigenvalue weighted by Crippen LogP contribution is -2.12. The van der Waals surface area contributed by atoms with Crippen LogP contribution in [0.2, 0.25) is 0 Å². The van der Waals surface area contributed by atoms with Gasteiger partial charge < -0.3 is 15.2 Å². The summed E-state index contributed by atoms with van der Waals surface area (Å²) < 4.78 is 12.2. The molecule has 0 spiro atoms. The number of hydrogen-bond acceptors (Lipinski definition) is 4. The Labute approximate surface area is 121 Å². The molecule has 0 radical (unpaired) electrons. The lowest BCUT2D eigenvalue weighted by atomic mass is 10.2. The quantitative estimate of drug-likeness (QED) is 0.856. The lowest BCUT2D eigenvalue weighted by Gasteiger charge is -2.13. The van der Waals surface area contributed by atoms with Crippen LogP contribution in [0.4, 0.5) is 5.69 Å². The highest BCUT2D eigenvalue weighted by Gasteiger charge is 2.08. The molecule has 19 heavy (non-hydrogen) atoms. The molecule has 5 heteroatoms. The number of pyridine rings is 1. The van der Waals surface area contributed by atoms with Gasteiger partial charge in [0.25, 0.3) is 0 Å². The number of rotatable bonds is 5. The molecule has 0 saturated carbocycles. The van der Waals surface area contributed by atoms with Gasteiger partial charge in [-0.25, -0.2) is 0 Å². The van der Waals surface area contributed by atoms with Crippen LogP contribution < -0.4 is 10.5 Å². The molecule has 2 aromatic rings.